The third-order valence-corrected chi connectivity index (χ3v) is 4.85. The lowest BCUT2D eigenvalue weighted by Crippen LogP contribution is -2.13. The molecular weight excluding hydrogens is 378 g/mol. The first-order valence-electron chi connectivity index (χ1n) is 9.46. The second-order valence-electron chi connectivity index (χ2n) is 6.78. The number of amides is 1. The third kappa shape index (κ3) is 3.44. The Morgan fingerprint density at radius 1 is 1.00 bits per heavy atom. The molecule has 3 aromatic heterocycles. The van der Waals surface area contributed by atoms with Crippen LogP contribution in [0.3, 0.4) is 0 Å². The van der Waals surface area contributed by atoms with E-state index in [0.717, 1.165) is 22.0 Å². The van der Waals surface area contributed by atoms with Gasteiger partial charge in [0.25, 0.3) is 5.91 Å². The van der Waals surface area contributed by atoms with Gasteiger partial charge in [-0.15, -0.1) is 0 Å². The standard InChI is InChI=1S/C23H17N5O2/c29-23(18-14-25-20-8-4-2-6-17(18)20)26-19-7-3-1-5-16(19)13-21-27-22(28-30-21)15-9-11-24-12-10-15/h1-12,14,25H,13H2,(H,26,29). The van der Waals surface area contributed by atoms with E-state index in [1.807, 2.05) is 60.7 Å². The predicted molar refractivity (Wildman–Crippen MR) is 113 cm³/mol. The van der Waals surface area contributed by atoms with E-state index in [2.05, 4.69) is 25.4 Å². The molecule has 7 heteroatoms. The zero-order chi connectivity index (χ0) is 20.3. The first-order chi connectivity index (χ1) is 14.8. The summed E-state index contributed by atoms with van der Waals surface area (Å²) in [5, 5.41) is 7.93. The summed E-state index contributed by atoms with van der Waals surface area (Å²) in [6, 6.07) is 18.9. The van der Waals surface area contributed by atoms with E-state index in [9.17, 15) is 4.79 Å². The average molecular weight is 395 g/mol. The number of anilines is 1. The van der Waals surface area contributed by atoms with E-state index in [4.69, 9.17) is 4.52 Å². The Hall–Kier alpha value is -4.26. The molecule has 2 N–H and O–H groups in total. The van der Waals surface area contributed by atoms with Crippen molar-refractivity contribution in [1.29, 1.82) is 0 Å². The molecule has 0 fully saturated rings. The van der Waals surface area contributed by atoms with Crippen LogP contribution in [0, 0.1) is 0 Å². The number of H-pyrrole nitrogens is 1. The second-order valence-corrected chi connectivity index (χ2v) is 6.78. The molecule has 1 amide bonds. The number of aromatic nitrogens is 4. The molecule has 2 aromatic carbocycles. The molecule has 5 rings (SSSR count). The molecule has 0 aliphatic carbocycles. The number of carbonyl (C=O) groups is 1. The molecule has 0 unspecified atom stereocenters. The van der Waals surface area contributed by atoms with Gasteiger partial charge in [0, 0.05) is 40.7 Å². The Bertz CT molecular complexity index is 1320. The smallest absolute Gasteiger partial charge is 0.257 e. The molecule has 0 atom stereocenters. The van der Waals surface area contributed by atoms with Crippen LogP contribution in [0.4, 0.5) is 5.69 Å². The van der Waals surface area contributed by atoms with Gasteiger partial charge in [-0.3, -0.25) is 9.78 Å². The van der Waals surface area contributed by atoms with Gasteiger partial charge >= 0.3 is 0 Å². The number of carbonyl (C=O) groups excluding carboxylic acids is 1. The van der Waals surface area contributed by atoms with Gasteiger partial charge in [0.15, 0.2) is 0 Å². The van der Waals surface area contributed by atoms with Crippen LogP contribution in [0.1, 0.15) is 21.8 Å². The number of para-hydroxylation sites is 2. The van der Waals surface area contributed by atoms with Crippen molar-refractivity contribution < 1.29 is 9.32 Å². The fourth-order valence-corrected chi connectivity index (χ4v) is 3.35. The van der Waals surface area contributed by atoms with Gasteiger partial charge in [-0.25, -0.2) is 0 Å². The van der Waals surface area contributed by atoms with Crippen LogP contribution in [0.25, 0.3) is 22.3 Å². The minimum atomic E-state index is -0.178. The summed E-state index contributed by atoms with van der Waals surface area (Å²) < 4.78 is 5.41. The zero-order valence-electron chi connectivity index (χ0n) is 15.9. The summed E-state index contributed by atoms with van der Waals surface area (Å²) in [4.78, 5) is 24.5. The van der Waals surface area contributed by atoms with Crippen molar-refractivity contribution in [3.05, 3.63) is 96.3 Å². The maximum absolute atomic E-state index is 12.9. The maximum atomic E-state index is 12.9. The molecule has 5 aromatic rings. The van der Waals surface area contributed by atoms with Crippen molar-refractivity contribution in [2.45, 2.75) is 6.42 Å². The highest BCUT2D eigenvalue weighted by atomic mass is 16.5. The van der Waals surface area contributed by atoms with Crippen LogP contribution < -0.4 is 5.32 Å². The highest BCUT2D eigenvalue weighted by molar-refractivity contribution is 6.13. The quantitative estimate of drug-likeness (QED) is 0.458. The van der Waals surface area contributed by atoms with Gasteiger partial charge in [0.05, 0.1) is 12.0 Å². The van der Waals surface area contributed by atoms with Gasteiger partial charge in [-0.1, -0.05) is 41.6 Å². The molecule has 7 nitrogen and oxygen atoms in total. The van der Waals surface area contributed by atoms with Crippen LogP contribution in [0.2, 0.25) is 0 Å². The lowest BCUT2D eigenvalue weighted by atomic mass is 10.1. The average Bonchev–Trinajstić information content (AvgIpc) is 3.43. The number of nitrogens with zero attached hydrogens (tertiary/aromatic N) is 3. The maximum Gasteiger partial charge on any atom is 0.257 e. The molecule has 0 radical (unpaired) electrons. The van der Waals surface area contributed by atoms with E-state index >= 15 is 0 Å². The zero-order valence-corrected chi connectivity index (χ0v) is 15.9. The van der Waals surface area contributed by atoms with Gasteiger partial charge in [0.2, 0.25) is 11.7 Å². The van der Waals surface area contributed by atoms with Crippen LogP contribution in [0.15, 0.2) is 83.8 Å². The number of nitrogens with one attached hydrogen (secondary N) is 2. The fraction of sp³-hybridized carbons (Fsp3) is 0.0435. The lowest BCUT2D eigenvalue weighted by molar-refractivity contribution is 0.102. The highest BCUT2D eigenvalue weighted by Gasteiger charge is 2.15. The molecule has 0 spiro atoms. The summed E-state index contributed by atoms with van der Waals surface area (Å²) in [5.41, 5.74) is 3.94. The third-order valence-electron chi connectivity index (χ3n) is 4.85. The van der Waals surface area contributed by atoms with Crippen molar-refractivity contribution in [3.63, 3.8) is 0 Å². The molecule has 3 heterocycles. The van der Waals surface area contributed by atoms with Crippen molar-refractivity contribution >= 4 is 22.5 Å². The van der Waals surface area contributed by atoms with Gasteiger partial charge in [-0.2, -0.15) is 4.98 Å². The van der Waals surface area contributed by atoms with E-state index < -0.39 is 0 Å². The number of benzene rings is 2. The van der Waals surface area contributed by atoms with Crippen molar-refractivity contribution in [2.24, 2.45) is 0 Å². The van der Waals surface area contributed by atoms with Crippen LogP contribution >= 0.6 is 0 Å². The van der Waals surface area contributed by atoms with Crippen molar-refractivity contribution in [2.75, 3.05) is 5.32 Å². The summed E-state index contributed by atoms with van der Waals surface area (Å²) in [7, 11) is 0. The van der Waals surface area contributed by atoms with E-state index in [1.54, 1.807) is 18.6 Å². The number of hydrogen-bond donors (Lipinski definition) is 2. The Balaban J connectivity index is 1.38. The molecule has 30 heavy (non-hydrogen) atoms. The Morgan fingerprint density at radius 3 is 2.70 bits per heavy atom. The first kappa shape index (κ1) is 17.8. The van der Waals surface area contributed by atoms with Gasteiger partial charge in [-0.05, 0) is 29.8 Å². The van der Waals surface area contributed by atoms with E-state index in [-0.39, 0.29) is 5.91 Å². The molecule has 0 aliphatic rings. The number of fused-ring (bicyclic) bond motifs is 1. The van der Waals surface area contributed by atoms with Crippen LogP contribution in [-0.2, 0) is 6.42 Å². The van der Waals surface area contributed by atoms with E-state index in [1.165, 1.54) is 0 Å². The largest absolute Gasteiger partial charge is 0.360 e. The van der Waals surface area contributed by atoms with Gasteiger partial charge < -0.3 is 14.8 Å². The van der Waals surface area contributed by atoms with Gasteiger partial charge in [0.1, 0.15) is 0 Å². The van der Waals surface area contributed by atoms with Crippen LogP contribution in [0.5, 0.6) is 0 Å². The predicted octanol–water partition coefficient (Wildman–Crippen LogP) is 4.46. The summed E-state index contributed by atoms with van der Waals surface area (Å²) >= 11 is 0. The number of rotatable bonds is 5. The summed E-state index contributed by atoms with van der Waals surface area (Å²) in [6.07, 6.45) is 5.49. The van der Waals surface area contributed by atoms with Crippen molar-refractivity contribution in [1.82, 2.24) is 20.1 Å². The topological polar surface area (TPSA) is 96.7 Å². The minimum absolute atomic E-state index is 0.178. The normalized spacial score (nSPS) is 10.9. The molecular formula is C23H17N5O2. The Kier molecular flexibility index (Phi) is 4.53. The number of pyridine rings is 1. The Morgan fingerprint density at radius 2 is 1.80 bits per heavy atom. The molecule has 0 aliphatic heterocycles. The molecule has 146 valence electrons. The monoisotopic (exact) mass is 395 g/mol. The highest BCUT2D eigenvalue weighted by Crippen LogP contribution is 2.23. The number of aromatic amines is 1. The summed E-state index contributed by atoms with van der Waals surface area (Å²) in [6.45, 7) is 0. The van der Waals surface area contributed by atoms with Crippen molar-refractivity contribution in [3.8, 4) is 11.4 Å². The molecule has 0 bridgehead atoms. The van der Waals surface area contributed by atoms with Crippen LogP contribution in [-0.4, -0.2) is 26.0 Å². The number of hydrogen-bond acceptors (Lipinski definition) is 5. The second kappa shape index (κ2) is 7.63. The fourth-order valence-electron chi connectivity index (χ4n) is 3.35. The SMILES string of the molecule is O=C(Nc1ccccc1Cc1nc(-c2ccncc2)no1)c1c[nH]c2ccccc12. The molecule has 0 saturated heterocycles. The summed E-state index contributed by atoms with van der Waals surface area (Å²) in [5.74, 6) is 0.797. The first-order valence-corrected chi connectivity index (χ1v) is 9.46. The minimum Gasteiger partial charge on any atom is -0.360 e. The van der Waals surface area contributed by atoms with E-state index in [0.29, 0.717) is 29.4 Å². The lowest BCUT2D eigenvalue weighted by Gasteiger charge is -2.09. The molecule has 0 saturated carbocycles. The Labute approximate surface area is 171 Å².